The largest absolute Gasteiger partial charge is 0.456 e. The van der Waals surface area contributed by atoms with Gasteiger partial charge in [-0.2, -0.15) is 0 Å². The van der Waals surface area contributed by atoms with Gasteiger partial charge >= 0.3 is 0 Å². The molecule has 84 valence electrons. The first-order valence-corrected chi connectivity index (χ1v) is 5.43. The van der Waals surface area contributed by atoms with E-state index in [0.717, 1.165) is 5.56 Å². The Balaban J connectivity index is 0.00000120. The number of hydrogen-bond acceptors (Lipinski definition) is 2. The van der Waals surface area contributed by atoms with E-state index in [0.29, 0.717) is 16.7 Å². The predicted octanol–water partition coefficient (Wildman–Crippen LogP) is 3.08. The fourth-order valence-corrected chi connectivity index (χ4v) is 1.85. The molecule has 3 rings (SSSR count). The first-order chi connectivity index (χ1) is 8.34. The smallest absolute Gasteiger partial charge is 0.193 e. The fraction of sp³-hybridized carbons (Fsp3) is 0. The maximum Gasteiger partial charge on any atom is 0.193 e. The van der Waals surface area contributed by atoms with Crippen molar-refractivity contribution >= 4 is 48.7 Å². The van der Waals surface area contributed by atoms with Crippen LogP contribution < -0.4 is 5.43 Å². The molecule has 0 saturated carbocycles. The van der Waals surface area contributed by atoms with Crippen LogP contribution in [-0.2, 0) is 0 Å². The van der Waals surface area contributed by atoms with E-state index in [-0.39, 0.29) is 43.2 Å². The van der Waals surface area contributed by atoms with Gasteiger partial charge in [0.1, 0.15) is 11.3 Å². The van der Waals surface area contributed by atoms with Gasteiger partial charge in [0.05, 0.1) is 5.39 Å². The van der Waals surface area contributed by atoms with E-state index in [1.807, 2.05) is 48.5 Å². The minimum Gasteiger partial charge on any atom is -0.456 e. The molecule has 0 saturated heterocycles. The summed E-state index contributed by atoms with van der Waals surface area (Å²) in [5.41, 5.74) is 1.53. The van der Waals surface area contributed by atoms with Crippen molar-refractivity contribution in [3.8, 4) is 11.3 Å². The Morgan fingerprint density at radius 3 is 2.28 bits per heavy atom. The SMILES string of the molecule is O=c1cc(-c2ccccc2)oc2ccccc12.[Ca]. The Bertz CT molecular complexity index is 717. The van der Waals surface area contributed by atoms with E-state index in [2.05, 4.69) is 0 Å². The van der Waals surface area contributed by atoms with Gasteiger partial charge in [-0.3, -0.25) is 4.79 Å². The standard InChI is InChI=1S/C15H10O2.Ca/c16-13-10-15(11-6-2-1-3-7-11)17-14-9-5-4-8-12(13)14;/h1-10H;. The molecule has 0 fully saturated rings. The van der Waals surface area contributed by atoms with Crippen LogP contribution in [0.15, 0.2) is 69.9 Å². The molecule has 18 heavy (non-hydrogen) atoms. The first-order valence-electron chi connectivity index (χ1n) is 5.43. The Hall–Kier alpha value is -1.09. The second kappa shape index (κ2) is 5.70. The van der Waals surface area contributed by atoms with Crippen LogP contribution in [0, 0.1) is 0 Å². The van der Waals surface area contributed by atoms with Crippen LogP contribution in [0.1, 0.15) is 0 Å². The van der Waals surface area contributed by atoms with Crippen LogP contribution in [-0.4, -0.2) is 37.7 Å². The molecule has 0 N–H and O–H groups in total. The molecule has 0 atom stereocenters. The fourth-order valence-electron chi connectivity index (χ4n) is 1.85. The maximum absolute atomic E-state index is 11.9. The molecule has 2 aromatic carbocycles. The molecule has 0 unspecified atom stereocenters. The van der Waals surface area contributed by atoms with Gasteiger partial charge in [-0.05, 0) is 12.1 Å². The number of fused-ring (bicyclic) bond motifs is 1. The average molecular weight is 262 g/mol. The van der Waals surface area contributed by atoms with Crippen molar-refractivity contribution in [2.75, 3.05) is 0 Å². The molecule has 0 bridgehead atoms. The Kier molecular flexibility index (Phi) is 4.23. The van der Waals surface area contributed by atoms with Crippen molar-refractivity contribution in [3.05, 3.63) is 70.9 Å². The van der Waals surface area contributed by atoms with Gasteiger partial charge < -0.3 is 4.42 Å². The molecule has 0 aliphatic carbocycles. The summed E-state index contributed by atoms with van der Waals surface area (Å²) < 4.78 is 5.73. The van der Waals surface area contributed by atoms with E-state index in [4.69, 9.17) is 4.42 Å². The van der Waals surface area contributed by atoms with Gasteiger partial charge in [0.25, 0.3) is 0 Å². The van der Waals surface area contributed by atoms with Gasteiger partial charge in [-0.1, -0.05) is 42.5 Å². The molecule has 0 spiro atoms. The summed E-state index contributed by atoms with van der Waals surface area (Å²) in [7, 11) is 0. The quantitative estimate of drug-likeness (QED) is 0.631. The molecule has 1 heterocycles. The average Bonchev–Trinajstić information content (AvgIpc) is 2.40. The van der Waals surface area contributed by atoms with E-state index in [1.54, 1.807) is 6.07 Å². The van der Waals surface area contributed by atoms with Crippen LogP contribution in [0.25, 0.3) is 22.3 Å². The molecule has 0 aliphatic heterocycles. The van der Waals surface area contributed by atoms with Crippen molar-refractivity contribution < 1.29 is 4.42 Å². The second-order valence-corrected chi connectivity index (χ2v) is 3.84. The number of hydrogen-bond donors (Lipinski definition) is 0. The van der Waals surface area contributed by atoms with Crippen LogP contribution in [0.4, 0.5) is 0 Å². The van der Waals surface area contributed by atoms with Crippen LogP contribution in [0.3, 0.4) is 0 Å². The molecule has 0 amide bonds. The Labute approximate surface area is 134 Å². The zero-order chi connectivity index (χ0) is 11.7. The molecule has 2 radical (unpaired) electrons. The summed E-state index contributed by atoms with van der Waals surface area (Å²) in [6.07, 6.45) is 0. The van der Waals surface area contributed by atoms with Gasteiger partial charge in [-0.25, -0.2) is 0 Å². The monoisotopic (exact) mass is 262 g/mol. The van der Waals surface area contributed by atoms with Crippen molar-refractivity contribution in [2.24, 2.45) is 0 Å². The zero-order valence-electron chi connectivity index (χ0n) is 9.80. The van der Waals surface area contributed by atoms with Crippen LogP contribution in [0.2, 0.25) is 0 Å². The third kappa shape index (κ3) is 2.51. The van der Waals surface area contributed by atoms with E-state index in [1.165, 1.54) is 6.07 Å². The van der Waals surface area contributed by atoms with Gasteiger partial charge in [0.15, 0.2) is 5.43 Å². The van der Waals surface area contributed by atoms with Gasteiger partial charge in [0, 0.05) is 49.4 Å². The minimum atomic E-state index is -0.00861. The number of benzene rings is 2. The summed E-state index contributed by atoms with van der Waals surface area (Å²) >= 11 is 0. The third-order valence-electron chi connectivity index (χ3n) is 2.69. The Morgan fingerprint density at radius 2 is 1.50 bits per heavy atom. The van der Waals surface area contributed by atoms with Crippen molar-refractivity contribution in [2.45, 2.75) is 0 Å². The zero-order valence-corrected chi connectivity index (χ0v) is 12.0. The van der Waals surface area contributed by atoms with Gasteiger partial charge in [-0.15, -0.1) is 0 Å². The molecule has 3 aromatic rings. The van der Waals surface area contributed by atoms with Gasteiger partial charge in [0.2, 0.25) is 0 Å². The number of para-hydroxylation sites is 1. The minimum absolute atomic E-state index is 0. The van der Waals surface area contributed by atoms with E-state index >= 15 is 0 Å². The first kappa shape index (κ1) is 13.3. The molecule has 3 heteroatoms. The normalized spacial score (nSPS) is 10.0. The van der Waals surface area contributed by atoms with Crippen molar-refractivity contribution in [3.63, 3.8) is 0 Å². The Morgan fingerprint density at radius 1 is 0.833 bits per heavy atom. The molecule has 0 aliphatic rings. The van der Waals surface area contributed by atoms with E-state index in [9.17, 15) is 4.79 Å². The predicted molar refractivity (Wildman–Crippen MR) is 73.7 cm³/mol. The van der Waals surface area contributed by atoms with Crippen molar-refractivity contribution in [1.82, 2.24) is 0 Å². The van der Waals surface area contributed by atoms with Crippen LogP contribution >= 0.6 is 0 Å². The third-order valence-corrected chi connectivity index (χ3v) is 2.69. The van der Waals surface area contributed by atoms with Crippen LogP contribution in [0.5, 0.6) is 0 Å². The molecule has 2 nitrogen and oxygen atoms in total. The molecular formula is C15H10CaO2. The second-order valence-electron chi connectivity index (χ2n) is 3.84. The summed E-state index contributed by atoms with van der Waals surface area (Å²) in [6.45, 7) is 0. The molecule has 1 aromatic heterocycles. The van der Waals surface area contributed by atoms with E-state index < -0.39 is 0 Å². The summed E-state index contributed by atoms with van der Waals surface area (Å²) in [6, 6.07) is 18.4. The topological polar surface area (TPSA) is 30.2 Å². The maximum atomic E-state index is 11.9. The molecular weight excluding hydrogens is 252 g/mol. The number of rotatable bonds is 1. The summed E-state index contributed by atoms with van der Waals surface area (Å²) in [4.78, 5) is 11.9. The summed E-state index contributed by atoms with van der Waals surface area (Å²) in [5, 5.41) is 0.618. The summed E-state index contributed by atoms with van der Waals surface area (Å²) in [5.74, 6) is 0.606. The van der Waals surface area contributed by atoms with Crippen molar-refractivity contribution in [1.29, 1.82) is 0 Å².